The van der Waals surface area contributed by atoms with E-state index in [1.54, 1.807) is 29.6 Å². The van der Waals surface area contributed by atoms with Crippen LogP contribution in [0.4, 0.5) is 18.9 Å². The zero-order chi connectivity index (χ0) is 37.3. The Balaban J connectivity index is 1.46. The molecule has 0 amide bonds. The molecule has 1 heterocycles. The molecule has 1 aliphatic heterocycles. The van der Waals surface area contributed by atoms with Crippen LogP contribution < -0.4 is 9.64 Å². The number of rotatable bonds is 7. The molecule has 5 aromatic rings. The van der Waals surface area contributed by atoms with Gasteiger partial charge in [0.25, 0.3) is 0 Å². The summed E-state index contributed by atoms with van der Waals surface area (Å²) >= 11 is 3.41. The van der Waals surface area contributed by atoms with E-state index in [4.69, 9.17) is 4.74 Å². The summed E-state index contributed by atoms with van der Waals surface area (Å²) in [5.74, 6) is 0.802. The largest absolute Gasteiger partial charge is 0.472 e. The molecule has 1 atom stereocenters. The predicted octanol–water partition coefficient (Wildman–Crippen LogP) is 13.4. The third kappa shape index (κ3) is 5.54. The van der Waals surface area contributed by atoms with Crippen molar-refractivity contribution in [2.75, 3.05) is 31.5 Å². The zero-order valence-electron chi connectivity index (χ0n) is 31.3. The maximum Gasteiger partial charge on any atom is 0.416 e. The van der Waals surface area contributed by atoms with Gasteiger partial charge in [0.1, 0.15) is 5.75 Å². The Bertz CT molecular complexity index is 2230. The maximum absolute atomic E-state index is 14.5. The fourth-order valence-electron chi connectivity index (χ4n) is 9.57. The number of thioether (sulfide) groups is 2. The highest BCUT2D eigenvalue weighted by Crippen LogP contribution is 2.65. The topological polar surface area (TPSA) is 12.5 Å². The fourth-order valence-corrected chi connectivity index (χ4v) is 11.1. The Morgan fingerprint density at radius 3 is 1.96 bits per heavy atom. The second-order valence-electron chi connectivity index (χ2n) is 15.3. The molecular formula is C46H46F3NOS2. The highest BCUT2D eigenvalue weighted by Gasteiger charge is 2.52. The molecule has 8 rings (SSSR count). The van der Waals surface area contributed by atoms with Crippen LogP contribution in [0.1, 0.15) is 85.8 Å². The van der Waals surface area contributed by atoms with Gasteiger partial charge in [0.15, 0.2) is 5.60 Å². The lowest BCUT2D eigenvalue weighted by molar-refractivity contribution is -0.137. The third-order valence-corrected chi connectivity index (χ3v) is 14.5. The van der Waals surface area contributed by atoms with Gasteiger partial charge in [-0.1, -0.05) is 81.3 Å². The van der Waals surface area contributed by atoms with Gasteiger partial charge in [-0.3, -0.25) is 0 Å². The number of anilines is 1. The maximum atomic E-state index is 14.5. The minimum atomic E-state index is -4.43. The van der Waals surface area contributed by atoms with Gasteiger partial charge in [0.2, 0.25) is 0 Å². The molecule has 0 aromatic heterocycles. The molecule has 7 heteroatoms. The lowest BCUT2D eigenvalue weighted by atomic mass is 9.58. The molecule has 1 saturated carbocycles. The number of benzene rings is 5. The van der Waals surface area contributed by atoms with Crippen LogP contribution in [0, 0.1) is 5.41 Å². The number of halogens is 3. The Morgan fingerprint density at radius 1 is 0.755 bits per heavy atom. The molecule has 0 radical (unpaired) electrons. The minimum absolute atomic E-state index is 0.194. The van der Waals surface area contributed by atoms with Gasteiger partial charge >= 0.3 is 6.18 Å². The first kappa shape index (κ1) is 36.2. The lowest BCUT2D eigenvalue weighted by Gasteiger charge is -2.47. The van der Waals surface area contributed by atoms with Crippen molar-refractivity contribution in [3.63, 3.8) is 0 Å². The first-order chi connectivity index (χ1) is 25.4. The van der Waals surface area contributed by atoms with Crippen LogP contribution in [0.2, 0.25) is 0 Å². The van der Waals surface area contributed by atoms with Gasteiger partial charge in [-0.25, -0.2) is 0 Å². The normalized spacial score (nSPS) is 19.5. The Hall–Kier alpha value is -3.81. The molecule has 1 fully saturated rings. The number of ether oxygens (including phenoxy) is 1. The number of nitrogens with zero attached hydrogens (tertiary/aromatic N) is 1. The van der Waals surface area contributed by atoms with E-state index in [0.717, 1.165) is 109 Å². The van der Waals surface area contributed by atoms with Crippen molar-refractivity contribution in [1.82, 2.24) is 0 Å². The summed E-state index contributed by atoms with van der Waals surface area (Å²) in [7, 11) is 4.08. The van der Waals surface area contributed by atoms with Crippen molar-refractivity contribution in [1.29, 1.82) is 0 Å². The zero-order valence-corrected chi connectivity index (χ0v) is 32.9. The second kappa shape index (κ2) is 13.2. The molecule has 2 aliphatic carbocycles. The van der Waals surface area contributed by atoms with Crippen LogP contribution in [0.5, 0.6) is 5.75 Å². The molecule has 5 aromatic carbocycles. The first-order valence-electron chi connectivity index (χ1n) is 18.6. The minimum Gasteiger partial charge on any atom is -0.472 e. The van der Waals surface area contributed by atoms with Crippen molar-refractivity contribution in [2.45, 2.75) is 79.4 Å². The van der Waals surface area contributed by atoms with E-state index in [1.165, 1.54) is 12.1 Å². The second-order valence-corrected chi connectivity index (χ2v) is 17.0. The third-order valence-electron chi connectivity index (χ3n) is 12.8. The van der Waals surface area contributed by atoms with E-state index >= 15 is 0 Å². The van der Waals surface area contributed by atoms with E-state index in [-0.39, 0.29) is 5.41 Å². The van der Waals surface area contributed by atoms with Crippen molar-refractivity contribution in [3.8, 4) is 16.9 Å². The van der Waals surface area contributed by atoms with Crippen molar-refractivity contribution in [3.05, 3.63) is 124 Å². The number of hydrogen-bond donors (Lipinski definition) is 0. The highest BCUT2D eigenvalue weighted by molar-refractivity contribution is 8.01. The molecule has 0 N–H and O–H groups in total. The Morgan fingerprint density at radius 2 is 1.38 bits per heavy atom. The summed E-state index contributed by atoms with van der Waals surface area (Å²) in [6.07, 6.45) is 9.88. The molecule has 2 nitrogen and oxygen atoms in total. The first-order valence-corrected chi connectivity index (χ1v) is 21.1. The van der Waals surface area contributed by atoms with Gasteiger partial charge in [-0.15, -0.1) is 23.5 Å². The number of alkyl halides is 3. The predicted molar refractivity (Wildman–Crippen MR) is 218 cm³/mol. The number of hydrogen-bond acceptors (Lipinski definition) is 4. The monoisotopic (exact) mass is 749 g/mol. The van der Waals surface area contributed by atoms with Gasteiger partial charge in [-0.2, -0.15) is 13.2 Å². The van der Waals surface area contributed by atoms with Crippen LogP contribution in [0.3, 0.4) is 0 Å². The molecule has 0 bridgehead atoms. The number of fused-ring (bicyclic) bond motifs is 10. The molecule has 1 spiro atoms. The molecule has 53 heavy (non-hydrogen) atoms. The average molecular weight is 750 g/mol. The summed E-state index contributed by atoms with van der Waals surface area (Å²) in [6.45, 7) is 4.54. The van der Waals surface area contributed by atoms with E-state index in [9.17, 15) is 13.2 Å². The van der Waals surface area contributed by atoms with Crippen LogP contribution in [0.15, 0.2) is 101 Å². The average Bonchev–Trinajstić information content (AvgIpc) is 3.47. The summed E-state index contributed by atoms with van der Waals surface area (Å²) in [5, 5.41) is 2.03. The van der Waals surface area contributed by atoms with Crippen molar-refractivity contribution >= 4 is 46.1 Å². The van der Waals surface area contributed by atoms with Gasteiger partial charge < -0.3 is 9.64 Å². The van der Waals surface area contributed by atoms with E-state index in [2.05, 4.69) is 104 Å². The molecule has 274 valence electrons. The molecular weight excluding hydrogens is 704 g/mol. The smallest absolute Gasteiger partial charge is 0.416 e. The molecule has 0 saturated heterocycles. The Kier molecular flexibility index (Phi) is 9.01. The van der Waals surface area contributed by atoms with Crippen LogP contribution >= 0.6 is 23.5 Å². The molecule has 1 unspecified atom stereocenters. The molecule has 3 aliphatic rings. The summed E-state index contributed by atoms with van der Waals surface area (Å²) in [4.78, 5) is 4.40. The van der Waals surface area contributed by atoms with Gasteiger partial charge in [0, 0.05) is 57.1 Å². The van der Waals surface area contributed by atoms with E-state index < -0.39 is 22.8 Å². The quantitative estimate of drug-likeness (QED) is 0.154. The fraction of sp³-hybridized carbons (Fsp3) is 0.348. The summed E-state index contributed by atoms with van der Waals surface area (Å²) in [5.41, 5.74) is 6.21. The summed E-state index contributed by atoms with van der Waals surface area (Å²) in [6, 6.07) is 28.0. The van der Waals surface area contributed by atoms with E-state index in [1.807, 2.05) is 20.2 Å². The van der Waals surface area contributed by atoms with Crippen molar-refractivity contribution < 1.29 is 17.9 Å². The Labute approximate surface area is 320 Å². The van der Waals surface area contributed by atoms with Crippen LogP contribution in [0.25, 0.3) is 28.0 Å². The SMILES string of the molecule is CCC1(CC)CCC2(CC1)c1cc(C(F)(F)F)ccc1-c1c2c2c(c3cc(SC)c(SC)cc13)OC(c1ccccc1)(c1ccc(N(C)C)cc1)C=C2. The summed E-state index contributed by atoms with van der Waals surface area (Å²) < 4.78 is 51.2. The van der Waals surface area contributed by atoms with E-state index in [0.29, 0.717) is 0 Å². The van der Waals surface area contributed by atoms with Gasteiger partial charge in [0.05, 0.1) is 5.56 Å². The highest BCUT2D eigenvalue weighted by atomic mass is 32.2. The van der Waals surface area contributed by atoms with Gasteiger partial charge in [-0.05, 0) is 114 Å². The van der Waals surface area contributed by atoms with Crippen LogP contribution in [-0.4, -0.2) is 26.6 Å². The van der Waals surface area contributed by atoms with Crippen molar-refractivity contribution in [2.24, 2.45) is 5.41 Å². The van der Waals surface area contributed by atoms with Crippen LogP contribution in [-0.2, 0) is 17.2 Å². The lowest BCUT2D eigenvalue weighted by Crippen LogP contribution is -2.38. The standard InChI is InChI=1S/C46H46F3NOS2/c1-7-43(8-2)22-24-44(25-23-43)37-26-31(46(47,48)49)16-19-33(37)40-35-27-38(52-5)39(53-6)28-36(35)42-34(41(40)44)20-21-45(51-42,29-12-10-9-11-13-29)30-14-17-32(18-15-30)50(3)4/h9-21,26-28H,7-8,22-25H2,1-6H3.